The molecule has 5 heteroatoms. The second-order valence-corrected chi connectivity index (χ2v) is 3.58. The fraction of sp³-hybridized carbons (Fsp3) is 0.333. The third-order valence-corrected chi connectivity index (χ3v) is 2.86. The van der Waals surface area contributed by atoms with Crippen LogP contribution in [0.2, 0.25) is 0 Å². The lowest BCUT2D eigenvalue weighted by Crippen LogP contribution is -1.97. The molecule has 0 aliphatic heterocycles. The molecule has 0 amide bonds. The summed E-state index contributed by atoms with van der Waals surface area (Å²) in [6, 6.07) is 2.82. The van der Waals surface area contributed by atoms with Gasteiger partial charge in [-0.25, -0.2) is 8.78 Å². The predicted molar refractivity (Wildman–Crippen MR) is 57.2 cm³/mol. The van der Waals surface area contributed by atoms with Crippen molar-refractivity contribution >= 4 is 22.6 Å². The first-order valence-corrected chi connectivity index (χ1v) is 4.88. The van der Waals surface area contributed by atoms with Crippen molar-refractivity contribution in [2.45, 2.75) is 6.43 Å². The second kappa shape index (κ2) is 4.77. The van der Waals surface area contributed by atoms with E-state index < -0.39 is 6.43 Å². The highest BCUT2D eigenvalue weighted by atomic mass is 127. The van der Waals surface area contributed by atoms with E-state index in [1.54, 1.807) is 0 Å². The molecule has 0 heterocycles. The Morgan fingerprint density at radius 2 is 1.86 bits per heavy atom. The molecule has 0 aliphatic rings. The van der Waals surface area contributed by atoms with Crippen LogP contribution in [0.15, 0.2) is 12.1 Å². The van der Waals surface area contributed by atoms with E-state index in [-0.39, 0.29) is 5.56 Å². The SMILES string of the molecule is COc1ccc(C(F)F)c(I)c1OC. The fourth-order valence-electron chi connectivity index (χ4n) is 1.07. The highest BCUT2D eigenvalue weighted by Gasteiger charge is 2.18. The van der Waals surface area contributed by atoms with Gasteiger partial charge in [-0.15, -0.1) is 0 Å². The smallest absolute Gasteiger partial charge is 0.265 e. The van der Waals surface area contributed by atoms with Gasteiger partial charge in [0.25, 0.3) is 6.43 Å². The summed E-state index contributed by atoms with van der Waals surface area (Å²) in [5.74, 6) is 0.812. The molecule has 0 bridgehead atoms. The summed E-state index contributed by atoms with van der Waals surface area (Å²) >= 11 is 1.82. The molecule has 0 unspecified atom stereocenters. The maximum absolute atomic E-state index is 12.5. The van der Waals surface area contributed by atoms with Crippen LogP contribution in [0.1, 0.15) is 12.0 Å². The van der Waals surface area contributed by atoms with Crippen molar-refractivity contribution in [1.82, 2.24) is 0 Å². The van der Waals surface area contributed by atoms with Gasteiger partial charge in [0.1, 0.15) is 0 Å². The normalized spacial score (nSPS) is 10.4. The van der Waals surface area contributed by atoms with Crippen LogP contribution in [-0.2, 0) is 0 Å². The Balaban J connectivity index is 3.27. The molecule has 2 nitrogen and oxygen atoms in total. The van der Waals surface area contributed by atoms with Gasteiger partial charge in [-0.3, -0.25) is 0 Å². The van der Waals surface area contributed by atoms with Gasteiger partial charge in [0.15, 0.2) is 11.5 Å². The van der Waals surface area contributed by atoms with E-state index in [9.17, 15) is 8.78 Å². The largest absolute Gasteiger partial charge is 0.493 e. The Hall–Kier alpha value is -0.590. The van der Waals surface area contributed by atoms with Crippen molar-refractivity contribution in [3.8, 4) is 11.5 Å². The van der Waals surface area contributed by atoms with E-state index in [1.807, 2.05) is 22.6 Å². The Bertz CT molecular complexity index is 329. The molecule has 0 aliphatic carbocycles. The van der Waals surface area contributed by atoms with Crippen LogP contribution in [0.5, 0.6) is 11.5 Å². The Kier molecular flexibility index (Phi) is 3.91. The van der Waals surface area contributed by atoms with Gasteiger partial charge >= 0.3 is 0 Å². The molecule has 1 aromatic carbocycles. The summed E-state index contributed by atoms with van der Waals surface area (Å²) in [5, 5.41) is 0. The molecule has 0 aromatic heterocycles. The monoisotopic (exact) mass is 314 g/mol. The van der Waals surface area contributed by atoms with Crippen LogP contribution in [-0.4, -0.2) is 14.2 Å². The highest BCUT2D eigenvalue weighted by molar-refractivity contribution is 14.1. The number of rotatable bonds is 3. The molecule has 78 valence electrons. The zero-order chi connectivity index (χ0) is 10.7. The van der Waals surface area contributed by atoms with Crippen LogP contribution in [0.3, 0.4) is 0 Å². The van der Waals surface area contributed by atoms with Crippen LogP contribution >= 0.6 is 22.6 Å². The Morgan fingerprint density at radius 3 is 2.29 bits per heavy atom. The minimum atomic E-state index is -2.50. The molecule has 14 heavy (non-hydrogen) atoms. The summed E-state index contributed by atoms with van der Waals surface area (Å²) in [6.07, 6.45) is -2.50. The first-order valence-electron chi connectivity index (χ1n) is 3.80. The average molecular weight is 314 g/mol. The van der Waals surface area contributed by atoms with Crippen molar-refractivity contribution < 1.29 is 18.3 Å². The number of alkyl halides is 2. The molecule has 1 rings (SSSR count). The quantitative estimate of drug-likeness (QED) is 0.798. The minimum Gasteiger partial charge on any atom is -0.493 e. The molecule has 0 saturated carbocycles. The first-order chi connectivity index (χ1) is 6.61. The van der Waals surface area contributed by atoms with E-state index in [0.717, 1.165) is 0 Å². The van der Waals surface area contributed by atoms with E-state index in [4.69, 9.17) is 9.47 Å². The van der Waals surface area contributed by atoms with Crippen molar-refractivity contribution in [2.75, 3.05) is 14.2 Å². The summed E-state index contributed by atoms with van der Waals surface area (Å²) in [6.45, 7) is 0. The number of hydrogen-bond acceptors (Lipinski definition) is 2. The number of hydrogen-bond donors (Lipinski definition) is 0. The van der Waals surface area contributed by atoms with E-state index in [2.05, 4.69) is 0 Å². The molecule has 0 N–H and O–H groups in total. The zero-order valence-electron chi connectivity index (χ0n) is 7.68. The van der Waals surface area contributed by atoms with Crippen molar-refractivity contribution in [2.24, 2.45) is 0 Å². The molecule has 1 aromatic rings. The van der Waals surface area contributed by atoms with Gasteiger partial charge in [-0.1, -0.05) is 0 Å². The molecule has 0 saturated heterocycles. The minimum absolute atomic E-state index is 0.0387. The van der Waals surface area contributed by atoms with Crippen molar-refractivity contribution in [1.29, 1.82) is 0 Å². The summed E-state index contributed by atoms with van der Waals surface area (Å²) < 4.78 is 35.3. The summed E-state index contributed by atoms with van der Waals surface area (Å²) in [7, 11) is 2.89. The van der Waals surface area contributed by atoms with Crippen molar-refractivity contribution in [3.05, 3.63) is 21.3 Å². The van der Waals surface area contributed by atoms with Gasteiger partial charge in [0.2, 0.25) is 0 Å². The van der Waals surface area contributed by atoms with Gasteiger partial charge in [0, 0.05) is 5.56 Å². The lowest BCUT2D eigenvalue weighted by Gasteiger charge is -2.12. The maximum Gasteiger partial charge on any atom is 0.265 e. The van der Waals surface area contributed by atoms with Gasteiger partial charge in [-0.2, -0.15) is 0 Å². The zero-order valence-corrected chi connectivity index (χ0v) is 9.84. The molecular weight excluding hydrogens is 305 g/mol. The molecule has 0 fully saturated rings. The maximum atomic E-state index is 12.5. The van der Waals surface area contributed by atoms with Crippen LogP contribution in [0.4, 0.5) is 8.78 Å². The predicted octanol–water partition coefficient (Wildman–Crippen LogP) is 3.25. The molecule has 0 radical (unpaired) electrons. The Morgan fingerprint density at radius 1 is 1.21 bits per heavy atom. The highest BCUT2D eigenvalue weighted by Crippen LogP contribution is 2.37. The number of halogens is 3. The lowest BCUT2D eigenvalue weighted by molar-refractivity contribution is 0.149. The topological polar surface area (TPSA) is 18.5 Å². The Labute approximate surface area is 94.3 Å². The number of ether oxygens (including phenoxy) is 2. The molecule has 0 atom stereocenters. The van der Waals surface area contributed by atoms with E-state index >= 15 is 0 Å². The summed E-state index contributed by atoms with van der Waals surface area (Å²) in [4.78, 5) is 0. The fourth-order valence-corrected chi connectivity index (χ4v) is 1.97. The standard InChI is InChI=1S/C9H9F2IO2/c1-13-6-4-3-5(9(10)11)7(12)8(6)14-2/h3-4,9H,1-2H3. The van der Waals surface area contributed by atoms with Crippen LogP contribution in [0.25, 0.3) is 0 Å². The first kappa shape index (κ1) is 11.5. The van der Waals surface area contributed by atoms with E-state index in [1.165, 1.54) is 26.4 Å². The average Bonchev–Trinajstić information content (AvgIpc) is 2.16. The number of methoxy groups -OCH3 is 2. The van der Waals surface area contributed by atoms with Gasteiger partial charge in [-0.05, 0) is 34.7 Å². The van der Waals surface area contributed by atoms with Crippen LogP contribution in [0, 0.1) is 3.57 Å². The van der Waals surface area contributed by atoms with Crippen LogP contribution < -0.4 is 9.47 Å². The third kappa shape index (κ3) is 2.08. The molecular formula is C9H9F2IO2. The van der Waals surface area contributed by atoms with E-state index in [0.29, 0.717) is 15.1 Å². The molecule has 0 spiro atoms. The van der Waals surface area contributed by atoms with Crippen molar-refractivity contribution in [3.63, 3.8) is 0 Å². The van der Waals surface area contributed by atoms with Gasteiger partial charge in [0.05, 0.1) is 17.8 Å². The second-order valence-electron chi connectivity index (χ2n) is 2.50. The van der Waals surface area contributed by atoms with Gasteiger partial charge < -0.3 is 9.47 Å². The third-order valence-electron chi connectivity index (χ3n) is 1.75. The number of benzene rings is 1. The lowest BCUT2D eigenvalue weighted by atomic mass is 10.2. The summed E-state index contributed by atoms with van der Waals surface area (Å²) in [5.41, 5.74) is -0.0387.